The molecule has 0 saturated carbocycles. The van der Waals surface area contributed by atoms with Gasteiger partial charge in [0.15, 0.2) is 0 Å². The number of carbonyl (C=O) groups is 1. The van der Waals surface area contributed by atoms with Crippen molar-refractivity contribution >= 4 is 17.4 Å². The van der Waals surface area contributed by atoms with Crippen LogP contribution in [-0.2, 0) is 17.1 Å². The van der Waals surface area contributed by atoms with E-state index in [0.29, 0.717) is 0 Å². The molecule has 4 heteroatoms. The fourth-order valence-corrected chi connectivity index (χ4v) is 1.59. The van der Waals surface area contributed by atoms with Crippen LogP contribution in [0, 0.1) is 0 Å². The quantitative estimate of drug-likeness (QED) is 0.531. The number of anilines is 2. The monoisotopic (exact) mass is 320 g/mol. The Hall–Kier alpha value is -2.29. The van der Waals surface area contributed by atoms with Gasteiger partial charge in [-0.15, -0.1) is 12.1 Å². The Balaban J connectivity index is 0.000000313. The average Bonchev–Trinajstić information content (AvgIpc) is 3.15. The van der Waals surface area contributed by atoms with Crippen LogP contribution >= 0.6 is 0 Å². The van der Waals surface area contributed by atoms with Gasteiger partial charge in [-0.2, -0.15) is 30.3 Å². The van der Waals surface area contributed by atoms with Crippen LogP contribution in [0.4, 0.5) is 16.2 Å². The Kier molecular flexibility index (Phi) is 7.65. The molecule has 0 aliphatic carbocycles. The first-order chi connectivity index (χ1) is 9.84. The van der Waals surface area contributed by atoms with Crippen LogP contribution in [0.1, 0.15) is 0 Å². The zero-order valence-corrected chi connectivity index (χ0v) is 12.4. The zero-order valence-electron chi connectivity index (χ0n) is 11.3. The Morgan fingerprint density at radius 1 is 0.905 bits per heavy atom. The van der Waals surface area contributed by atoms with Crippen molar-refractivity contribution in [2.75, 3.05) is 10.6 Å². The number of benzene rings is 1. The third-order valence-electron chi connectivity index (χ3n) is 2.51. The minimum atomic E-state index is -0.229. The van der Waals surface area contributed by atoms with Gasteiger partial charge in [-0.05, 0) is 17.8 Å². The maximum Gasteiger partial charge on any atom is 6.00 e. The molecule has 0 unspecified atom stereocenters. The normalized spacial score (nSPS) is 8.76. The summed E-state index contributed by atoms with van der Waals surface area (Å²) in [6.07, 6.45) is 0. The van der Waals surface area contributed by atoms with Gasteiger partial charge in [0.25, 0.3) is 0 Å². The molecule has 104 valence electrons. The minimum Gasteiger partial charge on any atom is -0.387 e. The molecule has 3 aromatic carbocycles. The molecule has 0 aromatic heterocycles. The smallest absolute Gasteiger partial charge is 0.387 e. The topological polar surface area (TPSA) is 41.1 Å². The largest absolute Gasteiger partial charge is 6.00 e. The summed E-state index contributed by atoms with van der Waals surface area (Å²) in [4.78, 5) is 11.5. The van der Waals surface area contributed by atoms with E-state index in [-0.39, 0.29) is 23.1 Å². The molecule has 3 rings (SSSR count). The summed E-state index contributed by atoms with van der Waals surface area (Å²) in [6, 6.07) is 26.5. The number of rotatable bonds is 2. The van der Waals surface area contributed by atoms with Gasteiger partial charge in [-0.1, -0.05) is 18.2 Å². The summed E-state index contributed by atoms with van der Waals surface area (Å²) in [5, 5.41) is 5.45. The van der Waals surface area contributed by atoms with E-state index in [1.807, 2.05) is 84.9 Å². The third-order valence-corrected chi connectivity index (χ3v) is 2.51. The fourth-order valence-electron chi connectivity index (χ4n) is 1.59. The second kappa shape index (κ2) is 9.59. The van der Waals surface area contributed by atoms with Gasteiger partial charge in [-0.25, -0.2) is 12.1 Å². The maximum absolute atomic E-state index is 11.5. The van der Waals surface area contributed by atoms with Gasteiger partial charge in [0, 0.05) is 5.69 Å². The molecule has 0 spiro atoms. The molecule has 0 heterocycles. The molecular weight excluding hydrogens is 304 g/mol. The summed E-state index contributed by atoms with van der Waals surface area (Å²) < 4.78 is 0. The van der Waals surface area contributed by atoms with Crippen molar-refractivity contribution in [1.82, 2.24) is 0 Å². The summed E-state index contributed by atoms with van der Waals surface area (Å²) in [6.45, 7) is 0. The van der Waals surface area contributed by atoms with Crippen LogP contribution in [0.2, 0.25) is 0 Å². The number of para-hydroxylation sites is 1. The molecule has 0 fully saturated rings. The first-order valence-electron chi connectivity index (χ1n) is 6.36. The summed E-state index contributed by atoms with van der Waals surface area (Å²) in [5.74, 6) is 0. The van der Waals surface area contributed by atoms with Crippen molar-refractivity contribution in [3.8, 4) is 0 Å². The van der Waals surface area contributed by atoms with Crippen molar-refractivity contribution in [2.45, 2.75) is 0 Å². The van der Waals surface area contributed by atoms with E-state index in [4.69, 9.17) is 0 Å². The molecule has 0 aliphatic heterocycles. The first kappa shape index (κ1) is 16.8. The number of urea groups is 1. The molecule has 0 aliphatic rings. The molecule has 2 N–H and O–H groups in total. The van der Waals surface area contributed by atoms with Gasteiger partial charge in [0.1, 0.15) is 0 Å². The van der Waals surface area contributed by atoms with E-state index in [1.54, 1.807) is 0 Å². The summed E-state index contributed by atoms with van der Waals surface area (Å²) in [7, 11) is 0. The number of hydrogen-bond acceptors (Lipinski definition) is 1. The summed E-state index contributed by atoms with van der Waals surface area (Å²) in [5.41, 5.74) is 1.57. The van der Waals surface area contributed by atoms with E-state index >= 15 is 0 Å². The number of nitrogens with one attached hydrogen (secondary N) is 2. The van der Waals surface area contributed by atoms with Crippen LogP contribution < -0.4 is 10.6 Å². The van der Waals surface area contributed by atoms with E-state index < -0.39 is 0 Å². The van der Waals surface area contributed by atoms with Crippen molar-refractivity contribution < 1.29 is 21.9 Å². The molecule has 0 saturated heterocycles. The van der Waals surface area contributed by atoms with Gasteiger partial charge in [0.05, 0.1) is 0 Å². The molecular formula is C17H16FeN2O+4. The maximum atomic E-state index is 11.5. The van der Waals surface area contributed by atoms with Gasteiger partial charge < -0.3 is 15.4 Å². The SMILES string of the molecule is O=C(Nc1ccccc1)N[c-]1cccc1.[Fe+6].c1cc[cH-]c1. The summed E-state index contributed by atoms with van der Waals surface area (Å²) >= 11 is 0. The number of amides is 2. The van der Waals surface area contributed by atoms with Crippen LogP contribution in [-0.4, -0.2) is 6.03 Å². The van der Waals surface area contributed by atoms with Crippen molar-refractivity contribution in [1.29, 1.82) is 0 Å². The van der Waals surface area contributed by atoms with Crippen LogP contribution in [0.15, 0.2) is 84.9 Å². The van der Waals surface area contributed by atoms with Gasteiger partial charge in [0.2, 0.25) is 6.03 Å². The standard InChI is InChI=1S/C12H11N2O.C5H5.Fe/c15-12(14-11-8-4-5-9-11)13-10-6-2-1-3-7-10;1-2-4-5-3-1;/h1-9H,(H2,13,14,15);1-5H;/q2*-1;+6. The van der Waals surface area contributed by atoms with E-state index in [2.05, 4.69) is 10.6 Å². The van der Waals surface area contributed by atoms with Crippen molar-refractivity contribution in [3.63, 3.8) is 0 Å². The molecule has 0 radical (unpaired) electrons. The van der Waals surface area contributed by atoms with Gasteiger partial charge >= 0.3 is 17.1 Å². The Bertz CT molecular complexity index is 572. The molecule has 21 heavy (non-hydrogen) atoms. The zero-order chi connectivity index (χ0) is 14.0. The molecule has 2 amide bonds. The Morgan fingerprint density at radius 3 is 2.05 bits per heavy atom. The predicted molar refractivity (Wildman–Crippen MR) is 83.2 cm³/mol. The predicted octanol–water partition coefficient (Wildman–Crippen LogP) is 4.45. The number of hydrogen-bond donors (Lipinski definition) is 2. The third kappa shape index (κ3) is 6.61. The van der Waals surface area contributed by atoms with E-state index in [1.165, 1.54) is 0 Å². The first-order valence-corrected chi connectivity index (χ1v) is 6.36. The van der Waals surface area contributed by atoms with E-state index in [0.717, 1.165) is 11.4 Å². The molecule has 0 atom stereocenters. The van der Waals surface area contributed by atoms with E-state index in [9.17, 15) is 4.79 Å². The molecule has 0 bridgehead atoms. The second-order valence-corrected chi connectivity index (χ2v) is 4.08. The van der Waals surface area contributed by atoms with Crippen LogP contribution in [0.25, 0.3) is 0 Å². The van der Waals surface area contributed by atoms with Crippen LogP contribution in [0.5, 0.6) is 0 Å². The molecule has 3 aromatic rings. The molecule has 3 nitrogen and oxygen atoms in total. The average molecular weight is 320 g/mol. The minimum absolute atomic E-state index is 0. The van der Waals surface area contributed by atoms with Gasteiger partial charge in [-0.3, -0.25) is 0 Å². The Morgan fingerprint density at radius 2 is 1.52 bits per heavy atom. The van der Waals surface area contributed by atoms with Crippen molar-refractivity contribution in [3.05, 3.63) is 84.9 Å². The van der Waals surface area contributed by atoms with Crippen molar-refractivity contribution in [2.24, 2.45) is 0 Å². The fraction of sp³-hybridized carbons (Fsp3) is 0. The second-order valence-electron chi connectivity index (χ2n) is 4.08. The Labute approximate surface area is 135 Å². The van der Waals surface area contributed by atoms with Crippen LogP contribution in [0.3, 0.4) is 0 Å². The number of carbonyl (C=O) groups excluding carboxylic acids is 1.